The number of rotatable bonds is 6. The molecule has 28 heavy (non-hydrogen) atoms. The first-order chi connectivity index (χ1) is 13.6. The van der Waals surface area contributed by atoms with Gasteiger partial charge in [-0.3, -0.25) is 4.79 Å². The molecule has 3 aromatic rings. The summed E-state index contributed by atoms with van der Waals surface area (Å²) in [7, 11) is 1.61. The van der Waals surface area contributed by atoms with E-state index in [2.05, 4.69) is 27.5 Å². The first-order valence-corrected chi connectivity index (χ1v) is 10.1. The van der Waals surface area contributed by atoms with Gasteiger partial charge in [-0.2, -0.15) is 5.10 Å². The van der Waals surface area contributed by atoms with Gasteiger partial charge in [0, 0.05) is 11.4 Å². The molecule has 1 amide bonds. The number of fused-ring (bicyclic) bond motifs is 1. The lowest BCUT2D eigenvalue weighted by Crippen LogP contribution is -2.14. The van der Waals surface area contributed by atoms with E-state index in [9.17, 15) is 4.79 Å². The fourth-order valence-electron chi connectivity index (χ4n) is 3.29. The molecule has 0 fully saturated rings. The summed E-state index contributed by atoms with van der Waals surface area (Å²) in [6, 6.07) is 11.0. The van der Waals surface area contributed by atoms with Gasteiger partial charge >= 0.3 is 0 Å². The van der Waals surface area contributed by atoms with Crippen molar-refractivity contribution in [1.82, 2.24) is 20.0 Å². The highest BCUT2D eigenvalue weighted by Crippen LogP contribution is 2.26. The number of nitrogens with one attached hydrogen (secondary N) is 1. The number of anilines is 1. The molecule has 144 valence electrons. The first kappa shape index (κ1) is 18.5. The minimum atomic E-state index is -0.0969. The predicted molar refractivity (Wildman–Crippen MR) is 108 cm³/mol. The number of nitrogens with zero attached hydrogens (tertiary/aromatic N) is 4. The van der Waals surface area contributed by atoms with Gasteiger partial charge in [0.15, 0.2) is 5.82 Å². The van der Waals surface area contributed by atoms with Crippen LogP contribution in [0.1, 0.15) is 23.4 Å². The van der Waals surface area contributed by atoms with Crippen LogP contribution in [0.3, 0.4) is 0 Å². The standard InChI is InChI=1S/C20H21N5O2S/c1-13-16-4-3-5-17(16)24-25(13)18-10-11-20(23-22-18)28-12-19(26)21-14-6-8-15(27-2)9-7-14/h6-11H,3-5,12H2,1-2H3,(H,21,26). The van der Waals surface area contributed by atoms with Crippen molar-refractivity contribution in [2.24, 2.45) is 0 Å². The molecule has 1 N–H and O–H groups in total. The number of carbonyl (C=O) groups excluding carboxylic acids is 1. The molecule has 1 aromatic carbocycles. The smallest absolute Gasteiger partial charge is 0.234 e. The Morgan fingerprint density at radius 1 is 1.18 bits per heavy atom. The summed E-state index contributed by atoms with van der Waals surface area (Å²) in [4.78, 5) is 12.1. The van der Waals surface area contributed by atoms with Crippen molar-refractivity contribution in [3.63, 3.8) is 0 Å². The number of benzene rings is 1. The molecular weight excluding hydrogens is 374 g/mol. The lowest BCUT2D eigenvalue weighted by atomic mass is 10.2. The largest absolute Gasteiger partial charge is 0.497 e. The molecule has 2 aromatic heterocycles. The summed E-state index contributed by atoms with van der Waals surface area (Å²) in [5.74, 6) is 1.62. The quantitative estimate of drug-likeness (QED) is 0.646. The van der Waals surface area contributed by atoms with E-state index >= 15 is 0 Å². The van der Waals surface area contributed by atoms with Crippen molar-refractivity contribution in [2.45, 2.75) is 31.2 Å². The number of hydrogen-bond acceptors (Lipinski definition) is 6. The summed E-state index contributed by atoms with van der Waals surface area (Å²) in [5, 5.41) is 16.7. The molecule has 1 aliphatic rings. The molecule has 1 aliphatic carbocycles. The summed E-state index contributed by atoms with van der Waals surface area (Å²) in [6.07, 6.45) is 3.30. The van der Waals surface area contributed by atoms with Crippen molar-refractivity contribution in [1.29, 1.82) is 0 Å². The maximum absolute atomic E-state index is 12.1. The summed E-state index contributed by atoms with van der Waals surface area (Å²) in [6.45, 7) is 2.07. The summed E-state index contributed by atoms with van der Waals surface area (Å²) in [5.41, 5.74) is 4.39. The lowest BCUT2D eigenvalue weighted by molar-refractivity contribution is -0.113. The third-order valence-corrected chi connectivity index (χ3v) is 5.65. The van der Waals surface area contributed by atoms with E-state index in [4.69, 9.17) is 4.74 Å². The summed E-state index contributed by atoms with van der Waals surface area (Å²) >= 11 is 1.35. The van der Waals surface area contributed by atoms with E-state index in [1.807, 2.05) is 16.8 Å². The molecule has 0 bridgehead atoms. The Morgan fingerprint density at radius 2 is 2.00 bits per heavy atom. The SMILES string of the molecule is COc1ccc(NC(=O)CSc2ccc(-n3nc4c(c3C)CCC4)nn2)cc1. The van der Waals surface area contributed by atoms with E-state index in [1.165, 1.54) is 29.4 Å². The van der Waals surface area contributed by atoms with Crippen LogP contribution in [0.25, 0.3) is 5.82 Å². The molecule has 8 heteroatoms. The number of aryl methyl sites for hydroxylation is 1. The van der Waals surface area contributed by atoms with Crippen LogP contribution in [0.2, 0.25) is 0 Å². The second-order valence-corrected chi connectivity index (χ2v) is 7.57. The molecule has 0 aliphatic heterocycles. The molecule has 0 radical (unpaired) electrons. The highest BCUT2D eigenvalue weighted by atomic mass is 32.2. The van der Waals surface area contributed by atoms with E-state index in [-0.39, 0.29) is 11.7 Å². The van der Waals surface area contributed by atoms with Crippen LogP contribution in [0.5, 0.6) is 5.75 Å². The van der Waals surface area contributed by atoms with Gasteiger partial charge in [0.25, 0.3) is 0 Å². The van der Waals surface area contributed by atoms with Gasteiger partial charge in [-0.25, -0.2) is 4.68 Å². The van der Waals surface area contributed by atoms with Crippen LogP contribution >= 0.6 is 11.8 Å². The van der Waals surface area contributed by atoms with Gasteiger partial charge in [0.2, 0.25) is 5.91 Å². The molecular formula is C20H21N5O2S. The van der Waals surface area contributed by atoms with Crippen LogP contribution in [0, 0.1) is 6.92 Å². The van der Waals surface area contributed by atoms with Crippen molar-refractivity contribution in [2.75, 3.05) is 18.2 Å². The van der Waals surface area contributed by atoms with Gasteiger partial charge in [-0.1, -0.05) is 11.8 Å². The average molecular weight is 395 g/mol. The molecule has 0 saturated heterocycles. The van der Waals surface area contributed by atoms with Crippen LogP contribution in [0.15, 0.2) is 41.4 Å². The van der Waals surface area contributed by atoms with Crippen molar-refractivity contribution in [3.05, 3.63) is 53.3 Å². The average Bonchev–Trinajstić information content (AvgIpc) is 3.30. The molecule has 4 rings (SSSR count). The van der Waals surface area contributed by atoms with Gasteiger partial charge in [0.1, 0.15) is 10.8 Å². The van der Waals surface area contributed by atoms with Gasteiger partial charge < -0.3 is 10.1 Å². The second-order valence-electron chi connectivity index (χ2n) is 6.57. The number of carbonyl (C=O) groups is 1. The van der Waals surface area contributed by atoms with E-state index in [0.717, 1.165) is 30.0 Å². The molecule has 2 heterocycles. The lowest BCUT2D eigenvalue weighted by Gasteiger charge is -2.07. The Bertz CT molecular complexity index is 983. The zero-order valence-corrected chi connectivity index (χ0v) is 16.6. The van der Waals surface area contributed by atoms with Gasteiger partial charge in [0.05, 0.1) is 18.6 Å². The monoisotopic (exact) mass is 395 g/mol. The fourth-order valence-corrected chi connectivity index (χ4v) is 3.90. The maximum atomic E-state index is 12.1. The van der Waals surface area contributed by atoms with Crippen molar-refractivity contribution >= 4 is 23.4 Å². The Balaban J connectivity index is 1.35. The van der Waals surface area contributed by atoms with E-state index < -0.39 is 0 Å². The molecule has 0 atom stereocenters. The number of hydrogen-bond donors (Lipinski definition) is 1. The number of methoxy groups -OCH3 is 1. The fraction of sp³-hybridized carbons (Fsp3) is 0.300. The maximum Gasteiger partial charge on any atom is 0.234 e. The molecule has 7 nitrogen and oxygen atoms in total. The Hall–Kier alpha value is -2.87. The minimum Gasteiger partial charge on any atom is -0.497 e. The second kappa shape index (κ2) is 8.02. The zero-order valence-electron chi connectivity index (χ0n) is 15.8. The highest BCUT2D eigenvalue weighted by molar-refractivity contribution is 7.99. The third kappa shape index (κ3) is 3.87. The van der Waals surface area contributed by atoms with Crippen LogP contribution < -0.4 is 10.1 Å². The number of ether oxygens (including phenoxy) is 1. The van der Waals surface area contributed by atoms with Gasteiger partial charge in [-0.05, 0) is 68.1 Å². The molecule has 0 unspecified atom stereocenters. The number of aromatic nitrogens is 4. The first-order valence-electron chi connectivity index (χ1n) is 9.12. The molecule has 0 saturated carbocycles. The minimum absolute atomic E-state index is 0.0969. The zero-order chi connectivity index (χ0) is 19.5. The van der Waals surface area contributed by atoms with Crippen molar-refractivity contribution < 1.29 is 9.53 Å². The number of amides is 1. The topological polar surface area (TPSA) is 81.9 Å². The normalized spacial score (nSPS) is 12.6. The van der Waals surface area contributed by atoms with Crippen LogP contribution in [-0.4, -0.2) is 38.7 Å². The highest BCUT2D eigenvalue weighted by Gasteiger charge is 2.20. The van der Waals surface area contributed by atoms with E-state index in [0.29, 0.717) is 10.8 Å². The van der Waals surface area contributed by atoms with Crippen molar-refractivity contribution in [3.8, 4) is 11.6 Å². The van der Waals surface area contributed by atoms with Gasteiger partial charge in [-0.15, -0.1) is 10.2 Å². The summed E-state index contributed by atoms with van der Waals surface area (Å²) < 4.78 is 6.97. The van der Waals surface area contributed by atoms with Crippen LogP contribution in [0.4, 0.5) is 5.69 Å². The number of thioether (sulfide) groups is 1. The van der Waals surface area contributed by atoms with Crippen LogP contribution in [-0.2, 0) is 17.6 Å². The predicted octanol–water partition coefficient (Wildman–Crippen LogP) is 3.20. The van der Waals surface area contributed by atoms with E-state index in [1.54, 1.807) is 31.4 Å². The molecule has 0 spiro atoms. The Kier molecular flexibility index (Phi) is 5.29. The Morgan fingerprint density at radius 3 is 2.68 bits per heavy atom. The third-order valence-electron chi connectivity index (χ3n) is 4.73. The Labute approximate surface area is 167 Å².